The number of carbonyl (C=O) groups is 1. The first-order valence-corrected chi connectivity index (χ1v) is 9.31. The molecule has 1 heterocycles. The lowest BCUT2D eigenvalue weighted by Gasteiger charge is -2.27. The number of benzene rings is 2. The molecular formula is C19H17Cl3N2O2. The van der Waals surface area contributed by atoms with Crippen molar-refractivity contribution < 1.29 is 9.53 Å². The van der Waals surface area contributed by atoms with Crippen molar-refractivity contribution in [2.24, 2.45) is 11.0 Å². The molecule has 0 saturated carbocycles. The van der Waals surface area contributed by atoms with Crippen LogP contribution in [0.25, 0.3) is 0 Å². The second-order valence-corrected chi connectivity index (χ2v) is 7.21. The smallest absolute Gasteiger partial charge is 0.354 e. The molecule has 2 atom stereocenters. The van der Waals surface area contributed by atoms with E-state index >= 15 is 0 Å². The van der Waals surface area contributed by atoms with Gasteiger partial charge in [0.05, 0.1) is 23.4 Å². The van der Waals surface area contributed by atoms with Gasteiger partial charge in [-0.2, -0.15) is 5.10 Å². The van der Waals surface area contributed by atoms with Gasteiger partial charge in [-0.25, -0.2) is 4.79 Å². The van der Waals surface area contributed by atoms with Crippen LogP contribution in [0.3, 0.4) is 0 Å². The van der Waals surface area contributed by atoms with Crippen LogP contribution < -0.4 is 5.01 Å². The van der Waals surface area contributed by atoms with Gasteiger partial charge in [0.2, 0.25) is 0 Å². The molecule has 7 heteroatoms. The predicted octanol–water partition coefficient (Wildman–Crippen LogP) is 5.76. The van der Waals surface area contributed by atoms with E-state index in [4.69, 9.17) is 39.5 Å². The average molecular weight is 412 g/mol. The van der Waals surface area contributed by atoms with Crippen molar-refractivity contribution in [3.63, 3.8) is 0 Å². The summed E-state index contributed by atoms with van der Waals surface area (Å²) < 4.78 is 5.16. The lowest BCUT2D eigenvalue weighted by atomic mass is 9.91. The van der Waals surface area contributed by atoms with Crippen molar-refractivity contribution in [2.45, 2.75) is 19.9 Å². The molecular weight excluding hydrogens is 395 g/mol. The summed E-state index contributed by atoms with van der Waals surface area (Å²) in [4.78, 5) is 12.3. The fourth-order valence-corrected chi connectivity index (χ4v) is 3.64. The third-order valence-corrected chi connectivity index (χ3v) is 5.03. The molecule has 0 saturated heterocycles. The zero-order chi connectivity index (χ0) is 18.8. The van der Waals surface area contributed by atoms with Crippen LogP contribution in [0, 0.1) is 5.92 Å². The van der Waals surface area contributed by atoms with Crippen LogP contribution in [0.4, 0.5) is 5.69 Å². The molecule has 0 amide bonds. The fraction of sp³-hybridized carbons (Fsp3) is 0.263. The summed E-state index contributed by atoms with van der Waals surface area (Å²) in [5.74, 6) is -0.617. The van der Waals surface area contributed by atoms with Crippen LogP contribution in [-0.2, 0) is 9.53 Å². The van der Waals surface area contributed by atoms with Crippen LogP contribution in [0.2, 0.25) is 15.1 Å². The molecule has 2 aromatic rings. The number of nitrogens with zero attached hydrogens (tertiary/aromatic N) is 2. The van der Waals surface area contributed by atoms with Crippen molar-refractivity contribution in [2.75, 3.05) is 11.6 Å². The highest BCUT2D eigenvalue weighted by atomic mass is 35.5. The molecule has 1 aliphatic rings. The van der Waals surface area contributed by atoms with E-state index in [1.54, 1.807) is 30.1 Å². The van der Waals surface area contributed by atoms with Crippen molar-refractivity contribution in [3.05, 3.63) is 63.1 Å². The van der Waals surface area contributed by atoms with Crippen molar-refractivity contribution in [3.8, 4) is 0 Å². The zero-order valence-corrected chi connectivity index (χ0v) is 16.5. The van der Waals surface area contributed by atoms with Gasteiger partial charge in [-0.05, 0) is 42.8 Å². The third kappa shape index (κ3) is 3.68. The highest BCUT2D eigenvalue weighted by Gasteiger charge is 2.40. The second kappa shape index (κ2) is 7.87. The molecule has 3 rings (SSSR count). The molecule has 0 fully saturated rings. The molecule has 0 unspecified atom stereocenters. The van der Waals surface area contributed by atoms with E-state index < -0.39 is 5.97 Å². The number of rotatable bonds is 4. The Labute approximate surface area is 167 Å². The SMILES string of the molecule is CCOC(=O)C1=NN(c2ccc(Cl)cc2Cl)[C@H](c2ccc(Cl)cc2)[C@H]1C. The predicted molar refractivity (Wildman–Crippen MR) is 106 cm³/mol. The van der Waals surface area contributed by atoms with Crippen LogP contribution >= 0.6 is 34.8 Å². The zero-order valence-electron chi connectivity index (χ0n) is 14.2. The van der Waals surface area contributed by atoms with E-state index in [0.717, 1.165) is 5.56 Å². The van der Waals surface area contributed by atoms with E-state index in [9.17, 15) is 4.79 Å². The first-order valence-electron chi connectivity index (χ1n) is 8.17. The maximum absolute atomic E-state index is 12.3. The van der Waals surface area contributed by atoms with Gasteiger partial charge in [-0.15, -0.1) is 0 Å². The monoisotopic (exact) mass is 410 g/mol. The number of carbonyl (C=O) groups excluding carboxylic acids is 1. The van der Waals surface area contributed by atoms with E-state index in [1.807, 2.05) is 31.2 Å². The van der Waals surface area contributed by atoms with E-state index in [0.29, 0.717) is 26.5 Å². The highest BCUT2D eigenvalue weighted by Crippen LogP contribution is 2.42. The van der Waals surface area contributed by atoms with E-state index in [2.05, 4.69) is 5.10 Å². The Morgan fingerprint density at radius 2 is 1.77 bits per heavy atom. The number of ether oxygens (including phenoxy) is 1. The number of hydrazone groups is 1. The minimum Gasteiger partial charge on any atom is -0.461 e. The van der Waals surface area contributed by atoms with Crippen molar-refractivity contribution >= 4 is 52.2 Å². The Kier molecular flexibility index (Phi) is 5.76. The number of hydrogen-bond donors (Lipinski definition) is 0. The average Bonchev–Trinajstić information content (AvgIpc) is 2.93. The molecule has 0 radical (unpaired) electrons. The van der Waals surface area contributed by atoms with Gasteiger partial charge in [0.15, 0.2) is 5.71 Å². The molecule has 0 bridgehead atoms. The minimum absolute atomic E-state index is 0.193. The van der Waals surface area contributed by atoms with Gasteiger partial charge in [0.1, 0.15) is 0 Å². The third-order valence-electron chi connectivity index (χ3n) is 4.24. The summed E-state index contributed by atoms with van der Waals surface area (Å²) in [6.45, 7) is 4.00. The summed E-state index contributed by atoms with van der Waals surface area (Å²) >= 11 is 18.4. The minimum atomic E-state index is -0.424. The van der Waals surface area contributed by atoms with Gasteiger partial charge in [0.25, 0.3) is 0 Å². The van der Waals surface area contributed by atoms with Gasteiger partial charge < -0.3 is 4.74 Å². The Morgan fingerprint density at radius 3 is 2.38 bits per heavy atom. The van der Waals surface area contributed by atoms with E-state index in [1.165, 1.54) is 0 Å². The number of hydrogen-bond acceptors (Lipinski definition) is 4. The molecule has 0 aromatic heterocycles. The summed E-state index contributed by atoms with van der Waals surface area (Å²) in [7, 11) is 0. The summed E-state index contributed by atoms with van der Waals surface area (Å²) in [6.07, 6.45) is 0. The van der Waals surface area contributed by atoms with Gasteiger partial charge in [0, 0.05) is 16.0 Å². The molecule has 4 nitrogen and oxygen atoms in total. The Morgan fingerprint density at radius 1 is 1.12 bits per heavy atom. The summed E-state index contributed by atoms with van der Waals surface area (Å²) in [5.41, 5.74) is 2.00. The first kappa shape index (κ1) is 19.0. The summed E-state index contributed by atoms with van der Waals surface area (Å²) in [6, 6.07) is 12.4. The standard InChI is InChI=1S/C19H17Cl3N2O2/c1-3-26-19(25)17-11(2)18(12-4-6-13(20)7-5-12)24(23-17)16-9-8-14(21)10-15(16)22/h4-11,18H,3H2,1-2H3/t11-,18-/m0/s1. The number of esters is 1. The lowest BCUT2D eigenvalue weighted by Crippen LogP contribution is -2.27. The molecule has 0 aliphatic carbocycles. The van der Waals surface area contributed by atoms with Crippen LogP contribution in [0.1, 0.15) is 25.5 Å². The maximum atomic E-state index is 12.3. The Balaban J connectivity index is 2.08. The molecule has 26 heavy (non-hydrogen) atoms. The topological polar surface area (TPSA) is 41.9 Å². The molecule has 1 aliphatic heterocycles. The van der Waals surface area contributed by atoms with Crippen molar-refractivity contribution in [1.82, 2.24) is 0 Å². The van der Waals surface area contributed by atoms with Gasteiger partial charge >= 0.3 is 5.97 Å². The second-order valence-electron chi connectivity index (χ2n) is 5.93. The van der Waals surface area contributed by atoms with E-state index in [-0.39, 0.29) is 18.6 Å². The molecule has 2 aromatic carbocycles. The molecule has 136 valence electrons. The van der Waals surface area contributed by atoms with Crippen LogP contribution in [0.5, 0.6) is 0 Å². The summed E-state index contributed by atoms with van der Waals surface area (Å²) in [5, 5.41) is 7.92. The Bertz CT molecular complexity index is 852. The number of anilines is 1. The largest absolute Gasteiger partial charge is 0.461 e. The fourth-order valence-electron chi connectivity index (χ4n) is 3.02. The highest BCUT2D eigenvalue weighted by molar-refractivity contribution is 6.39. The van der Waals surface area contributed by atoms with Gasteiger partial charge in [-0.1, -0.05) is 53.9 Å². The van der Waals surface area contributed by atoms with Crippen LogP contribution in [0.15, 0.2) is 47.6 Å². The molecule has 0 spiro atoms. The number of halogens is 3. The van der Waals surface area contributed by atoms with Crippen LogP contribution in [-0.4, -0.2) is 18.3 Å². The van der Waals surface area contributed by atoms with Gasteiger partial charge in [-0.3, -0.25) is 5.01 Å². The first-order chi connectivity index (χ1) is 12.4. The Hall–Kier alpha value is -1.75. The normalized spacial score (nSPS) is 19.4. The quantitative estimate of drug-likeness (QED) is 0.600. The van der Waals surface area contributed by atoms with Crippen molar-refractivity contribution in [1.29, 1.82) is 0 Å². The lowest BCUT2D eigenvalue weighted by molar-refractivity contribution is -0.135. The molecule has 0 N–H and O–H groups in total. The maximum Gasteiger partial charge on any atom is 0.354 e.